The fourth-order valence-electron chi connectivity index (χ4n) is 2.49. The van der Waals surface area contributed by atoms with E-state index in [0.717, 1.165) is 46.8 Å². The minimum atomic E-state index is -0.444. The highest BCUT2D eigenvalue weighted by Gasteiger charge is 2.26. The van der Waals surface area contributed by atoms with Gasteiger partial charge in [-0.2, -0.15) is 0 Å². The van der Waals surface area contributed by atoms with Crippen LogP contribution in [0.3, 0.4) is 0 Å². The topological polar surface area (TPSA) is 98.4 Å². The van der Waals surface area contributed by atoms with E-state index in [9.17, 15) is 9.59 Å². The van der Waals surface area contributed by atoms with Gasteiger partial charge in [0.1, 0.15) is 5.60 Å². The summed E-state index contributed by atoms with van der Waals surface area (Å²) in [5.74, 6) is 1.48. The molecule has 0 saturated carbocycles. The number of likely N-dealkylation sites (tertiary alicyclic amines) is 1. The highest BCUT2D eigenvalue weighted by Crippen LogP contribution is 2.31. The quantitative estimate of drug-likeness (QED) is 0.679. The first-order valence-electron chi connectivity index (χ1n) is 8.58. The molecule has 0 radical (unpaired) electrons. The second kappa shape index (κ2) is 9.80. The van der Waals surface area contributed by atoms with Crippen LogP contribution < -0.4 is 5.73 Å². The van der Waals surface area contributed by atoms with Crippen molar-refractivity contribution in [3.05, 3.63) is 0 Å². The normalized spacial score (nSPS) is 15.9. The third-order valence-electron chi connectivity index (χ3n) is 3.74. The summed E-state index contributed by atoms with van der Waals surface area (Å²) in [6.07, 6.45) is 2.90. The van der Waals surface area contributed by atoms with Gasteiger partial charge >= 0.3 is 6.09 Å². The van der Waals surface area contributed by atoms with Crippen molar-refractivity contribution in [2.45, 2.75) is 54.3 Å². The predicted octanol–water partition coefficient (Wildman–Crippen LogP) is 3.24. The number of nitrogens with two attached hydrogens (primary N) is 1. The van der Waals surface area contributed by atoms with Crippen LogP contribution in [0.15, 0.2) is 8.68 Å². The highest BCUT2D eigenvalue weighted by molar-refractivity contribution is 8.03. The standard InChI is InChI=1S/C16H26N4O3S3/c1-16(2,3)23-15(22)20-7-4-11(5-8-20)6-9-24-13-18-19-14(26-13)25-10-12(17)21/h11H,4-10H2,1-3H3,(H2,17,21). The summed E-state index contributed by atoms with van der Waals surface area (Å²) in [6.45, 7) is 7.19. The molecule has 0 spiro atoms. The summed E-state index contributed by atoms with van der Waals surface area (Å²) in [4.78, 5) is 24.7. The Morgan fingerprint density at radius 1 is 1.23 bits per heavy atom. The maximum atomic E-state index is 12.1. The number of primary amides is 1. The van der Waals surface area contributed by atoms with Crippen molar-refractivity contribution >= 4 is 46.9 Å². The molecule has 0 unspecified atom stereocenters. The molecule has 1 aliphatic heterocycles. The number of carbonyl (C=O) groups is 2. The van der Waals surface area contributed by atoms with Gasteiger partial charge in [0.05, 0.1) is 5.75 Å². The smallest absolute Gasteiger partial charge is 0.410 e. The number of carbonyl (C=O) groups excluding carboxylic acids is 2. The fourth-order valence-corrected chi connectivity index (χ4v) is 5.42. The molecule has 0 atom stereocenters. The summed E-state index contributed by atoms with van der Waals surface area (Å²) in [5, 5.41) is 8.19. The van der Waals surface area contributed by atoms with E-state index in [0.29, 0.717) is 5.92 Å². The van der Waals surface area contributed by atoms with E-state index in [-0.39, 0.29) is 17.8 Å². The molecular weight excluding hydrogens is 392 g/mol. The molecule has 7 nitrogen and oxygen atoms in total. The van der Waals surface area contributed by atoms with Crippen molar-refractivity contribution in [1.29, 1.82) is 0 Å². The van der Waals surface area contributed by atoms with Gasteiger partial charge in [-0.25, -0.2) is 4.79 Å². The third kappa shape index (κ3) is 7.71. The zero-order valence-corrected chi connectivity index (χ0v) is 17.8. The van der Waals surface area contributed by atoms with Crippen LogP contribution in [0.5, 0.6) is 0 Å². The first kappa shape index (κ1) is 21.3. The lowest BCUT2D eigenvalue weighted by atomic mass is 9.95. The van der Waals surface area contributed by atoms with Gasteiger partial charge in [0.2, 0.25) is 5.91 Å². The van der Waals surface area contributed by atoms with E-state index in [1.807, 2.05) is 25.7 Å². The average Bonchev–Trinajstić information content (AvgIpc) is 3.00. The fraction of sp³-hybridized carbons (Fsp3) is 0.750. The zero-order valence-electron chi connectivity index (χ0n) is 15.4. The molecule has 2 heterocycles. The Balaban J connectivity index is 1.64. The van der Waals surface area contributed by atoms with Gasteiger partial charge in [0.25, 0.3) is 0 Å². The molecule has 26 heavy (non-hydrogen) atoms. The number of hydrogen-bond acceptors (Lipinski definition) is 8. The molecule has 2 rings (SSSR count). The Kier molecular flexibility index (Phi) is 8.03. The van der Waals surface area contributed by atoms with Crippen molar-refractivity contribution in [1.82, 2.24) is 15.1 Å². The number of ether oxygens (including phenoxy) is 1. The second-order valence-corrected chi connectivity index (χ2v) is 10.7. The summed E-state index contributed by atoms with van der Waals surface area (Å²) in [5.41, 5.74) is 4.68. The Hall–Kier alpha value is -1.00. The lowest BCUT2D eigenvalue weighted by molar-refractivity contribution is -0.115. The molecule has 1 aromatic heterocycles. The lowest BCUT2D eigenvalue weighted by Gasteiger charge is -2.33. The number of piperidine rings is 1. The van der Waals surface area contributed by atoms with Crippen LogP contribution in [0.25, 0.3) is 0 Å². The van der Waals surface area contributed by atoms with Crippen molar-refractivity contribution in [2.24, 2.45) is 11.7 Å². The summed E-state index contributed by atoms with van der Waals surface area (Å²) in [6, 6.07) is 0. The summed E-state index contributed by atoms with van der Waals surface area (Å²) < 4.78 is 7.12. The Morgan fingerprint density at radius 2 is 1.85 bits per heavy atom. The van der Waals surface area contributed by atoms with Crippen LogP contribution in [-0.2, 0) is 9.53 Å². The van der Waals surface area contributed by atoms with E-state index in [1.165, 1.54) is 23.1 Å². The van der Waals surface area contributed by atoms with Crippen molar-refractivity contribution < 1.29 is 14.3 Å². The van der Waals surface area contributed by atoms with Crippen molar-refractivity contribution in [3.8, 4) is 0 Å². The van der Waals surface area contributed by atoms with E-state index in [1.54, 1.807) is 11.8 Å². The maximum absolute atomic E-state index is 12.1. The van der Waals surface area contributed by atoms with Gasteiger partial charge in [0, 0.05) is 18.8 Å². The van der Waals surface area contributed by atoms with Crippen LogP contribution in [0, 0.1) is 5.92 Å². The molecule has 2 amide bonds. The monoisotopic (exact) mass is 418 g/mol. The minimum Gasteiger partial charge on any atom is -0.444 e. The van der Waals surface area contributed by atoms with Gasteiger partial charge in [-0.15, -0.1) is 10.2 Å². The highest BCUT2D eigenvalue weighted by atomic mass is 32.2. The molecule has 1 aromatic rings. The van der Waals surface area contributed by atoms with Gasteiger partial charge in [-0.1, -0.05) is 34.9 Å². The molecular formula is C16H26N4O3S3. The molecule has 0 aromatic carbocycles. The summed E-state index contributed by atoms with van der Waals surface area (Å²) in [7, 11) is 0. The number of rotatable bonds is 7. The molecule has 2 N–H and O–H groups in total. The van der Waals surface area contributed by atoms with Gasteiger partial charge < -0.3 is 15.4 Å². The van der Waals surface area contributed by atoms with E-state index in [2.05, 4.69) is 10.2 Å². The minimum absolute atomic E-state index is 0.208. The molecule has 0 aliphatic carbocycles. The Labute approximate surface area is 166 Å². The maximum Gasteiger partial charge on any atom is 0.410 e. The molecule has 146 valence electrons. The van der Waals surface area contributed by atoms with Crippen LogP contribution in [0.2, 0.25) is 0 Å². The number of thioether (sulfide) groups is 2. The largest absolute Gasteiger partial charge is 0.444 e. The van der Waals surface area contributed by atoms with Crippen LogP contribution in [0.4, 0.5) is 4.79 Å². The first-order chi connectivity index (χ1) is 12.2. The molecule has 10 heteroatoms. The number of amides is 2. The van der Waals surface area contributed by atoms with Crippen LogP contribution in [0.1, 0.15) is 40.0 Å². The molecule has 1 fully saturated rings. The first-order valence-corrected chi connectivity index (χ1v) is 11.4. The van der Waals surface area contributed by atoms with Crippen molar-refractivity contribution in [3.63, 3.8) is 0 Å². The van der Waals surface area contributed by atoms with Crippen LogP contribution >= 0.6 is 34.9 Å². The number of aromatic nitrogens is 2. The van der Waals surface area contributed by atoms with Gasteiger partial charge in [-0.3, -0.25) is 4.79 Å². The van der Waals surface area contributed by atoms with Gasteiger partial charge in [0.15, 0.2) is 8.68 Å². The molecule has 0 bridgehead atoms. The number of nitrogens with zero attached hydrogens (tertiary/aromatic N) is 3. The predicted molar refractivity (Wildman–Crippen MR) is 106 cm³/mol. The molecule has 1 aliphatic rings. The SMILES string of the molecule is CC(C)(C)OC(=O)N1CCC(CCSc2nnc(SCC(N)=O)s2)CC1. The number of hydrogen-bond donors (Lipinski definition) is 1. The molecule has 1 saturated heterocycles. The lowest BCUT2D eigenvalue weighted by Crippen LogP contribution is -2.41. The Morgan fingerprint density at radius 3 is 2.42 bits per heavy atom. The third-order valence-corrected chi connectivity index (χ3v) is 6.99. The zero-order chi connectivity index (χ0) is 19.2. The average molecular weight is 419 g/mol. The van der Waals surface area contributed by atoms with Crippen molar-refractivity contribution in [2.75, 3.05) is 24.6 Å². The van der Waals surface area contributed by atoms with E-state index < -0.39 is 5.60 Å². The second-order valence-electron chi connectivity index (χ2n) is 7.14. The summed E-state index contributed by atoms with van der Waals surface area (Å²) >= 11 is 4.52. The Bertz CT molecular complexity index is 610. The van der Waals surface area contributed by atoms with Crippen LogP contribution in [-0.4, -0.2) is 57.3 Å². The van der Waals surface area contributed by atoms with E-state index >= 15 is 0 Å². The van der Waals surface area contributed by atoms with E-state index in [4.69, 9.17) is 10.5 Å². The van der Waals surface area contributed by atoms with Gasteiger partial charge in [-0.05, 0) is 46.0 Å².